The standard InChI is InChI=1S/C36H27BrN4S/c1-25-30-19-11-12-20-31(30)34(32-22-21-26(24-37)23-33(32)42-25)35-38-39-40-41(35)36(27-13-5-2-6-14-27,28-15-7-3-8-16-28)29-17-9-4-10-18-29/h2-23,34H,1,24H2. The molecular formula is C36H27BrN4S. The van der Waals surface area contributed by atoms with Gasteiger partial charge in [0.2, 0.25) is 0 Å². The van der Waals surface area contributed by atoms with Crippen LogP contribution in [0, 0.1) is 0 Å². The summed E-state index contributed by atoms with van der Waals surface area (Å²) in [4.78, 5) is 2.18. The van der Waals surface area contributed by atoms with E-state index >= 15 is 0 Å². The van der Waals surface area contributed by atoms with Crippen LogP contribution in [0.4, 0.5) is 0 Å². The maximum absolute atomic E-state index is 4.84. The number of benzene rings is 5. The molecule has 4 nitrogen and oxygen atoms in total. The number of fused-ring (bicyclic) bond motifs is 2. The van der Waals surface area contributed by atoms with Crippen molar-refractivity contribution in [1.29, 1.82) is 0 Å². The summed E-state index contributed by atoms with van der Waals surface area (Å²) >= 11 is 5.36. The van der Waals surface area contributed by atoms with Crippen molar-refractivity contribution in [3.05, 3.63) is 185 Å². The van der Waals surface area contributed by atoms with E-state index in [1.807, 2.05) is 18.2 Å². The number of hydrogen-bond donors (Lipinski definition) is 0. The largest absolute Gasteiger partial charge is 0.209 e. The Morgan fingerprint density at radius 1 is 0.714 bits per heavy atom. The second-order valence-corrected chi connectivity index (χ2v) is 12.0. The van der Waals surface area contributed by atoms with Gasteiger partial charge in [0, 0.05) is 15.1 Å². The van der Waals surface area contributed by atoms with Crippen LogP contribution >= 0.6 is 27.7 Å². The Bertz CT molecular complexity index is 1770. The van der Waals surface area contributed by atoms with Gasteiger partial charge in [-0.2, -0.15) is 0 Å². The van der Waals surface area contributed by atoms with Crippen molar-refractivity contribution in [2.75, 3.05) is 0 Å². The van der Waals surface area contributed by atoms with Crippen LogP contribution in [0.2, 0.25) is 0 Å². The number of hydrogen-bond acceptors (Lipinski definition) is 4. The van der Waals surface area contributed by atoms with Crippen LogP contribution in [0.5, 0.6) is 0 Å². The molecule has 7 rings (SSSR count). The monoisotopic (exact) mass is 626 g/mol. The fourth-order valence-electron chi connectivity index (χ4n) is 6.14. The van der Waals surface area contributed by atoms with E-state index in [1.165, 1.54) is 5.56 Å². The van der Waals surface area contributed by atoms with Crippen molar-refractivity contribution in [2.45, 2.75) is 21.7 Å². The summed E-state index contributed by atoms with van der Waals surface area (Å²) in [7, 11) is 0. The molecule has 0 amide bonds. The van der Waals surface area contributed by atoms with Crippen LogP contribution < -0.4 is 0 Å². The lowest BCUT2D eigenvalue weighted by Crippen LogP contribution is -2.40. The Kier molecular flexibility index (Phi) is 7.10. The number of alkyl halides is 1. The SMILES string of the molecule is C=C1Sc2cc(CBr)ccc2C(c2nnnn2C(c2ccccc2)(c2ccccc2)c2ccccc2)c2ccccc21. The number of aromatic nitrogens is 4. The van der Waals surface area contributed by atoms with Crippen LogP contribution in [-0.2, 0) is 10.9 Å². The first kappa shape index (κ1) is 26.6. The van der Waals surface area contributed by atoms with Crippen molar-refractivity contribution in [1.82, 2.24) is 20.2 Å². The van der Waals surface area contributed by atoms with Gasteiger partial charge in [0.05, 0.1) is 5.92 Å². The Morgan fingerprint density at radius 3 is 1.88 bits per heavy atom. The highest BCUT2D eigenvalue weighted by molar-refractivity contribution is 9.08. The molecule has 1 atom stereocenters. The molecule has 0 saturated heterocycles. The fraction of sp³-hybridized carbons (Fsp3) is 0.0833. The minimum absolute atomic E-state index is 0.224. The predicted octanol–water partition coefficient (Wildman–Crippen LogP) is 8.66. The third-order valence-corrected chi connectivity index (χ3v) is 9.68. The highest BCUT2D eigenvalue weighted by Crippen LogP contribution is 2.50. The zero-order chi connectivity index (χ0) is 28.5. The van der Waals surface area contributed by atoms with Crippen molar-refractivity contribution in [2.24, 2.45) is 0 Å². The fourth-order valence-corrected chi connectivity index (χ4v) is 7.57. The molecule has 1 aliphatic rings. The quantitative estimate of drug-likeness (QED) is 0.137. The number of halogens is 1. The van der Waals surface area contributed by atoms with Gasteiger partial charge < -0.3 is 0 Å². The average molecular weight is 628 g/mol. The van der Waals surface area contributed by atoms with Gasteiger partial charge in [0.1, 0.15) is 5.54 Å². The van der Waals surface area contributed by atoms with Gasteiger partial charge >= 0.3 is 0 Å². The van der Waals surface area contributed by atoms with E-state index in [4.69, 9.17) is 10.3 Å². The Hall–Kier alpha value is -4.26. The van der Waals surface area contributed by atoms with Crippen molar-refractivity contribution in [3.63, 3.8) is 0 Å². The molecule has 1 aliphatic heterocycles. The second-order valence-electron chi connectivity index (χ2n) is 10.3. The maximum Gasteiger partial charge on any atom is 0.165 e. The van der Waals surface area contributed by atoms with Gasteiger partial charge in [-0.25, -0.2) is 4.68 Å². The van der Waals surface area contributed by atoms with E-state index < -0.39 is 5.54 Å². The molecule has 1 unspecified atom stereocenters. The van der Waals surface area contributed by atoms with Crippen LogP contribution in [0.25, 0.3) is 4.91 Å². The summed E-state index contributed by atoms with van der Waals surface area (Å²) in [6.07, 6.45) is 0. The first-order valence-electron chi connectivity index (χ1n) is 13.8. The third kappa shape index (κ3) is 4.34. The van der Waals surface area contributed by atoms with E-state index in [9.17, 15) is 0 Å². The summed E-state index contributed by atoms with van der Waals surface area (Å²) in [6.45, 7) is 4.49. The normalized spacial score (nSPS) is 14.6. The summed E-state index contributed by atoms with van der Waals surface area (Å²) in [5.74, 6) is 0.542. The zero-order valence-corrected chi connectivity index (χ0v) is 25.2. The van der Waals surface area contributed by atoms with Crippen LogP contribution in [0.3, 0.4) is 0 Å². The maximum atomic E-state index is 4.84. The predicted molar refractivity (Wildman–Crippen MR) is 174 cm³/mol. The molecule has 0 fully saturated rings. The molecule has 0 bridgehead atoms. The average Bonchev–Trinajstić information content (AvgIpc) is 3.49. The van der Waals surface area contributed by atoms with Gasteiger partial charge in [0.25, 0.3) is 0 Å². The van der Waals surface area contributed by atoms with E-state index in [0.29, 0.717) is 0 Å². The van der Waals surface area contributed by atoms with Crippen molar-refractivity contribution < 1.29 is 0 Å². The lowest BCUT2D eigenvalue weighted by Gasteiger charge is -2.37. The lowest BCUT2D eigenvalue weighted by molar-refractivity contribution is 0.427. The minimum atomic E-state index is -0.829. The Balaban J connectivity index is 1.59. The molecule has 0 aliphatic carbocycles. The summed E-state index contributed by atoms with van der Waals surface area (Å²) in [5.41, 5.74) is 7.03. The van der Waals surface area contributed by atoms with Crippen LogP contribution in [0.15, 0.2) is 145 Å². The summed E-state index contributed by atoms with van der Waals surface area (Å²) < 4.78 is 2.05. The summed E-state index contributed by atoms with van der Waals surface area (Å²) in [6, 6.07) is 46.8. The molecule has 2 heterocycles. The molecule has 0 spiro atoms. The number of rotatable bonds is 6. The van der Waals surface area contributed by atoms with E-state index in [-0.39, 0.29) is 5.92 Å². The van der Waals surface area contributed by atoms with E-state index in [0.717, 1.165) is 54.3 Å². The van der Waals surface area contributed by atoms with Gasteiger partial charge in [0.15, 0.2) is 5.82 Å². The molecule has 0 radical (unpaired) electrons. The number of nitrogens with zero attached hydrogens (tertiary/aromatic N) is 4. The molecule has 0 saturated carbocycles. The zero-order valence-electron chi connectivity index (χ0n) is 22.8. The van der Waals surface area contributed by atoms with Gasteiger partial charge in [-0.3, -0.25) is 0 Å². The Morgan fingerprint density at radius 2 is 1.29 bits per heavy atom. The van der Waals surface area contributed by atoms with E-state index in [1.54, 1.807) is 11.8 Å². The number of thioether (sulfide) groups is 1. The van der Waals surface area contributed by atoms with Crippen LogP contribution in [0.1, 0.15) is 50.7 Å². The minimum Gasteiger partial charge on any atom is -0.209 e. The highest BCUT2D eigenvalue weighted by Gasteiger charge is 2.44. The van der Waals surface area contributed by atoms with Crippen molar-refractivity contribution in [3.8, 4) is 0 Å². The van der Waals surface area contributed by atoms with Gasteiger partial charge in [-0.1, -0.05) is 162 Å². The molecule has 0 N–H and O–H groups in total. The molecule has 204 valence electrons. The Labute approximate surface area is 258 Å². The first-order valence-corrected chi connectivity index (χ1v) is 15.8. The first-order chi connectivity index (χ1) is 20.7. The second kappa shape index (κ2) is 11.2. The van der Waals surface area contributed by atoms with Gasteiger partial charge in [-0.15, -0.1) is 5.10 Å². The lowest BCUT2D eigenvalue weighted by atomic mass is 9.76. The molecule has 5 aromatic carbocycles. The highest BCUT2D eigenvalue weighted by atomic mass is 79.9. The molecule has 42 heavy (non-hydrogen) atoms. The molecule has 6 heteroatoms. The van der Waals surface area contributed by atoms with Crippen LogP contribution in [-0.4, -0.2) is 20.2 Å². The summed E-state index contributed by atoms with van der Waals surface area (Å²) in [5, 5.41) is 14.9. The van der Waals surface area contributed by atoms with Crippen molar-refractivity contribution >= 4 is 32.6 Å². The molecule has 1 aromatic heterocycles. The molecular weight excluding hydrogens is 600 g/mol. The van der Waals surface area contributed by atoms with E-state index in [2.05, 4.69) is 148 Å². The third-order valence-electron chi connectivity index (χ3n) is 7.99. The number of tetrazole rings is 1. The van der Waals surface area contributed by atoms with Gasteiger partial charge in [-0.05, 0) is 55.4 Å². The molecule has 6 aromatic rings. The topological polar surface area (TPSA) is 43.6 Å². The smallest absolute Gasteiger partial charge is 0.165 e.